The van der Waals surface area contributed by atoms with E-state index >= 15 is 0 Å². The van der Waals surface area contributed by atoms with Gasteiger partial charge in [0, 0.05) is 18.5 Å². The molecule has 1 N–H and O–H groups in total. The number of hydrogen-bond donors (Lipinski definition) is 1. The fraction of sp³-hybridized carbons (Fsp3) is 0.667. The molecule has 0 bridgehead atoms. The SMILES string of the molecule is CC1CC(C(=O)O)CN(C(=O)c2scnc2C(C)(C)C)C1. The van der Waals surface area contributed by atoms with Gasteiger partial charge in [-0.15, -0.1) is 11.3 Å². The van der Waals surface area contributed by atoms with E-state index in [0.29, 0.717) is 24.4 Å². The number of likely N-dealkylation sites (tertiary alicyclic amines) is 1. The maximum atomic E-state index is 12.7. The molecule has 116 valence electrons. The molecule has 1 aromatic rings. The summed E-state index contributed by atoms with van der Waals surface area (Å²) in [6, 6.07) is 0. The number of hydrogen-bond acceptors (Lipinski definition) is 4. The van der Waals surface area contributed by atoms with Gasteiger partial charge in [-0.25, -0.2) is 4.98 Å². The van der Waals surface area contributed by atoms with Crippen LogP contribution >= 0.6 is 11.3 Å². The lowest BCUT2D eigenvalue weighted by Gasteiger charge is -2.34. The predicted molar refractivity (Wildman–Crippen MR) is 81.6 cm³/mol. The molecule has 0 saturated carbocycles. The molecule has 0 aliphatic carbocycles. The summed E-state index contributed by atoms with van der Waals surface area (Å²) in [5, 5.41) is 9.22. The monoisotopic (exact) mass is 310 g/mol. The zero-order valence-corrected chi connectivity index (χ0v) is 13.7. The van der Waals surface area contributed by atoms with E-state index in [2.05, 4.69) is 4.98 Å². The van der Waals surface area contributed by atoms with Gasteiger partial charge < -0.3 is 10.0 Å². The van der Waals surface area contributed by atoms with E-state index in [4.69, 9.17) is 0 Å². The highest BCUT2D eigenvalue weighted by atomic mass is 32.1. The van der Waals surface area contributed by atoms with E-state index in [0.717, 1.165) is 5.69 Å². The van der Waals surface area contributed by atoms with Crippen molar-refractivity contribution in [3.8, 4) is 0 Å². The molecule has 1 amide bonds. The van der Waals surface area contributed by atoms with Crippen LogP contribution in [0.15, 0.2) is 5.51 Å². The molecule has 0 radical (unpaired) electrons. The summed E-state index contributed by atoms with van der Waals surface area (Å²) >= 11 is 1.34. The maximum Gasteiger partial charge on any atom is 0.308 e. The molecule has 6 heteroatoms. The van der Waals surface area contributed by atoms with Crippen molar-refractivity contribution in [2.24, 2.45) is 11.8 Å². The Morgan fingerprint density at radius 3 is 2.62 bits per heavy atom. The van der Waals surface area contributed by atoms with Gasteiger partial charge >= 0.3 is 5.97 Å². The number of aliphatic carboxylic acids is 1. The zero-order valence-electron chi connectivity index (χ0n) is 12.9. The Balaban J connectivity index is 2.24. The molecule has 1 aromatic heterocycles. The van der Waals surface area contributed by atoms with Crippen LogP contribution in [0.25, 0.3) is 0 Å². The van der Waals surface area contributed by atoms with Gasteiger partial charge in [0.15, 0.2) is 0 Å². The van der Waals surface area contributed by atoms with E-state index < -0.39 is 11.9 Å². The summed E-state index contributed by atoms with van der Waals surface area (Å²) in [6.07, 6.45) is 0.633. The first-order chi connectivity index (χ1) is 9.70. The third-order valence-electron chi connectivity index (χ3n) is 3.77. The number of carbonyl (C=O) groups excluding carboxylic acids is 1. The fourth-order valence-electron chi connectivity index (χ4n) is 2.77. The highest BCUT2D eigenvalue weighted by molar-refractivity contribution is 7.11. The molecule has 0 aromatic carbocycles. The first-order valence-corrected chi connectivity index (χ1v) is 8.04. The summed E-state index contributed by atoms with van der Waals surface area (Å²) in [5.41, 5.74) is 2.29. The van der Waals surface area contributed by atoms with Crippen LogP contribution in [0.2, 0.25) is 0 Å². The van der Waals surface area contributed by atoms with Crippen molar-refractivity contribution in [1.29, 1.82) is 0 Å². The van der Waals surface area contributed by atoms with E-state index in [1.807, 2.05) is 27.7 Å². The summed E-state index contributed by atoms with van der Waals surface area (Å²) in [7, 11) is 0. The van der Waals surface area contributed by atoms with E-state index in [1.54, 1.807) is 10.4 Å². The Kier molecular flexibility index (Phi) is 4.37. The number of amides is 1. The van der Waals surface area contributed by atoms with Crippen molar-refractivity contribution >= 4 is 23.2 Å². The lowest BCUT2D eigenvalue weighted by Crippen LogP contribution is -2.45. The number of carboxylic acids is 1. The average Bonchev–Trinajstić information content (AvgIpc) is 2.86. The van der Waals surface area contributed by atoms with Gasteiger partial charge in [0.1, 0.15) is 4.88 Å². The van der Waals surface area contributed by atoms with Crippen molar-refractivity contribution in [3.63, 3.8) is 0 Å². The minimum atomic E-state index is -0.820. The Labute approximate surface area is 129 Å². The molecule has 2 heterocycles. The van der Waals surface area contributed by atoms with E-state index in [9.17, 15) is 14.7 Å². The van der Waals surface area contributed by atoms with E-state index in [-0.39, 0.29) is 17.2 Å². The summed E-state index contributed by atoms with van der Waals surface area (Å²) in [4.78, 5) is 30.6. The average molecular weight is 310 g/mol. The van der Waals surface area contributed by atoms with Crippen LogP contribution < -0.4 is 0 Å². The minimum Gasteiger partial charge on any atom is -0.481 e. The number of aromatic nitrogens is 1. The van der Waals surface area contributed by atoms with Crippen LogP contribution in [0.4, 0.5) is 0 Å². The van der Waals surface area contributed by atoms with Gasteiger partial charge in [-0.1, -0.05) is 27.7 Å². The molecular formula is C15H22N2O3S. The highest BCUT2D eigenvalue weighted by Crippen LogP contribution is 2.30. The quantitative estimate of drug-likeness (QED) is 0.911. The standard InChI is InChI=1S/C15H22N2O3S/c1-9-5-10(14(19)20)7-17(6-9)13(18)11-12(15(2,3)4)16-8-21-11/h8-10H,5-7H2,1-4H3,(H,19,20). The van der Waals surface area contributed by atoms with Crippen LogP contribution in [0.3, 0.4) is 0 Å². The molecule has 1 aliphatic heterocycles. The second kappa shape index (κ2) is 5.75. The second-order valence-corrected chi connectivity index (χ2v) is 7.72. The molecule has 2 rings (SSSR count). The number of nitrogens with zero attached hydrogens (tertiary/aromatic N) is 2. The topological polar surface area (TPSA) is 70.5 Å². The molecule has 1 aliphatic rings. The Bertz CT molecular complexity index is 547. The van der Waals surface area contributed by atoms with Gasteiger partial charge in [0.25, 0.3) is 5.91 Å². The van der Waals surface area contributed by atoms with Gasteiger partial charge in [0.05, 0.1) is 17.1 Å². The highest BCUT2D eigenvalue weighted by Gasteiger charge is 2.34. The molecule has 1 fully saturated rings. The molecule has 2 unspecified atom stereocenters. The first kappa shape index (κ1) is 15.9. The van der Waals surface area contributed by atoms with Crippen molar-refractivity contribution in [3.05, 3.63) is 16.1 Å². The van der Waals surface area contributed by atoms with Crippen LogP contribution in [0, 0.1) is 11.8 Å². The third-order valence-corrected chi connectivity index (χ3v) is 4.58. The zero-order chi connectivity index (χ0) is 15.8. The lowest BCUT2D eigenvalue weighted by molar-refractivity contribution is -0.143. The largest absolute Gasteiger partial charge is 0.481 e. The Hall–Kier alpha value is -1.43. The van der Waals surface area contributed by atoms with Crippen LogP contribution in [0.5, 0.6) is 0 Å². The number of rotatable bonds is 2. The van der Waals surface area contributed by atoms with Crippen LogP contribution in [0.1, 0.15) is 49.5 Å². The second-order valence-electron chi connectivity index (χ2n) is 6.87. The maximum absolute atomic E-state index is 12.7. The summed E-state index contributed by atoms with van der Waals surface area (Å²) < 4.78 is 0. The molecule has 1 saturated heterocycles. The fourth-order valence-corrected chi connectivity index (χ4v) is 3.74. The lowest BCUT2D eigenvalue weighted by atomic mass is 9.89. The van der Waals surface area contributed by atoms with Crippen molar-refractivity contribution in [2.75, 3.05) is 13.1 Å². The van der Waals surface area contributed by atoms with Gasteiger partial charge in [-0.2, -0.15) is 0 Å². The van der Waals surface area contributed by atoms with Crippen LogP contribution in [-0.4, -0.2) is 40.0 Å². The van der Waals surface area contributed by atoms with Crippen molar-refractivity contribution in [2.45, 2.75) is 39.5 Å². The van der Waals surface area contributed by atoms with Gasteiger partial charge in [-0.3, -0.25) is 9.59 Å². The molecule has 21 heavy (non-hydrogen) atoms. The van der Waals surface area contributed by atoms with Crippen molar-refractivity contribution in [1.82, 2.24) is 9.88 Å². The molecule has 2 atom stereocenters. The summed E-state index contributed by atoms with van der Waals surface area (Å²) in [5.74, 6) is -1.17. The van der Waals surface area contributed by atoms with Gasteiger partial charge in [0.2, 0.25) is 0 Å². The molecule has 5 nitrogen and oxygen atoms in total. The third kappa shape index (κ3) is 3.43. The number of carboxylic acid groups (broad SMARTS) is 1. The molecule has 0 spiro atoms. The first-order valence-electron chi connectivity index (χ1n) is 7.16. The molecular weight excluding hydrogens is 288 g/mol. The van der Waals surface area contributed by atoms with Gasteiger partial charge in [-0.05, 0) is 12.3 Å². The number of piperidine rings is 1. The Morgan fingerprint density at radius 1 is 1.38 bits per heavy atom. The summed E-state index contributed by atoms with van der Waals surface area (Å²) in [6.45, 7) is 8.98. The van der Waals surface area contributed by atoms with Crippen molar-refractivity contribution < 1.29 is 14.7 Å². The number of carbonyl (C=O) groups is 2. The predicted octanol–water partition coefficient (Wildman–Crippen LogP) is 2.62. The number of thiazole rings is 1. The Morgan fingerprint density at radius 2 is 2.05 bits per heavy atom. The minimum absolute atomic E-state index is 0.0831. The van der Waals surface area contributed by atoms with Crippen LogP contribution in [-0.2, 0) is 10.2 Å². The van der Waals surface area contributed by atoms with E-state index in [1.165, 1.54) is 11.3 Å². The smallest absolute Gasteiger partial charge is 0.308 e. The normalized spacial score (nSPS) is 23.1.